The van der Waals surface area contributed by atoms with Crippen molar-refractivity contribution in [3.05, 3.63) is 44.6 Å². The van der Waals surface area contributed by atoms with E-state index in [1.54, 1.807) is 11.4 Å². The lowest BCUT2D eigenvalue weighted by atomic mass is 10.5. The van der Waals surface area contributed by atoms with Gasteiger partial charge in [-0.1, -0.05) is 0 Å². The van der Waals surface area contributed by atoms with Crippen LogP contribution in [-0.2, 0) is 10.0 Å². The Balaban J connectivity index is 2.38. The highest BCUT2D eigenvalue weighted by molar-refractivity contribution is 9.10. The van der Waals surface area contributed by atoms with Crippen LogP contribution in [0.4, 0.5) is 5.00 Å². The van der Waals surface area contributed by atoms with Crippen molar-refractivity contribution in [3.63, 3.8) is 0 Å². The number of hydrogen-bond donors (Lipinski definition) is 2. The summed E-state index contributed by atoms with van der Waals surface area (Å²) in [6.07, 6.45) is 1.38. The van der Waals surface area contributed by atoms with Gasteiger partial charge in [0.2, 0.25) is 0 Å². The molecule has 2 rings (SSSR count). The van der Waals surface area contributed by atoms with Gasteiger partial charge in [-0.15, -0.1) is 11.3 Å². The van der Waals surface area contributed by atoms with E-state index in [1.165, 1.54) is 29.7 Å². The van der Waals surface area contributed by atoms with Gasteiger partial charge >= 0.3 is 0 Å². The van der Waals surface area contributed by atoms with Gasteiger partial charge in [0.15, 0.2) is 4.90 Å². The second kappa shape index (κ2) is 4.63. The van der Waals surface area contributed by atoms with Crippen molar-refractivity contribution in [1.29, 1.82) is 0 Å². The lowest BCUT2D eigenvalue weighted by molar-refractivity contribution is 0.600. The minimum atomic E-state index is -3.83. The van der Waals surface area contributed by atoms with E-state index >= 15 is 0 Å². The Labute approximate surface area is 110 Å². The Bertz CT molecular complexity index is 690. The van der Waals surface area contributed by atoms with E-state index in [1.807, 2.05) is 0 Å². The van der Waals surface area contributed by atoms with E-state index < -0.39 is 15.6 Å². The molecule has 5 nitrogen and oxygen atoms in total. The summed E-state index contributed by atoms with van der Waals surface area (Å²) in [5.41, 5.74) is -0.643. The largest absolute Gasteiger partial charge is 0.328 e. The van der Waals surface area contributed by atoms with Crippen molar-refractivity contribution in [2.75, 3.05) is 4.72 Å². The molecule has 0 unspecified atom stereocenters. The Morgan fingerprint density at radius 1 is 1.41 bits per heavy atom. The van der Waals surface area contributed by atoms with Crippen LogP contribution in [0.1, 0.15) is 0 Å². The molecule has 2 N–H and O–H groups in total. The number of hydrogen-bond acceptors (Lipinski definition) is 4. The fraction of sp³-hybridized carbons (Fsp3) is 0. The molecule has 0 radical (unpaired) electrons. The molecule has 17 heavy (non-hydrogen) atoms. The molecule has 2 heterocycles. The smallest absolute Gasteiger partial charge is 0.268 e. The molecule has 0 aliphatic rings. The zero-order chi connectivity index (χ0) is 12.5. The maximum atomic E-state index is 11.9. The molecule has 0 spiro atoms. The molecule has 0 saturated heterocycles. The monoisotopic (exact) mass is 334 g/mol. The molecular formula is C9H7BrN2O3S2. The minimum absolute atomic E-state index is 0.301. The van der Waals surface area contributed by atoms with E-state index in [4.69, 9.17) is 0 Å². The van der Waals surface area contributed by atoms with E-state index in [0.29, 0.717) is 5.00 Å². The second-order valence-corrected chi connectivity index (χ2v) is 6.58. The third kappa shape index (κ3) is 2.76. The quantitative estimate of drug-likeness (QED) is 0.900. The van der Waals surface area contributed by atoms with Gasteiger partial charge in [-0.05, 0) is 34.1 Å². The highest BCUT2D eigenvalue weighted by Crippen LogP contribution is 2.26. The van der Waals surface area contributed by atoms with E-state index in [9.17, 15) is 13.2 Å². The maximum absolute atomic E-state index is 11.9. The van der Waals surface area contributed by atoms with Crippen LogP contribution >= 0.6 is 27.3 Å². The third-order valence-electron chi connectivity index (χ3n) is 1.87. The molecule has 0 saturated carbocycles. The zero-order valence-electron chi connectivity index (χ0n) is 8.31. The molecule has 2 aromatic heterocycles. The topological polar surface area (TPSA) is 79.0 Å². The number of pyridine rings is 1. The third-order valence-corrected chi connectivity index (χ3v) is 5.00. The average Bonchev–Trinajstić information content (AvgIpc) is 2.63. The van der Waals surface area contributed by atoms with Crippen molar-refractivity contribution in [2.24, 2.45) is 0 Å². The van der Waals surface area contributed by atoms with Gasteiger partial charge < -0.3 is 4.98 Å². The number of rotatable bonds is 3. The first-order valence-electron chi connectivity index (χ1n) is 4.43. The van der Waals surface area contributed by atoms with Gasteiger partial charge in [0.1, 0.15) is 5.00 Å². The molecule has 0 fully saturated rings. The molecule has 0 atom stereocenters. The predicted octanol–water partition coefficient (Wildman–Crippen LogP) is 2.00. The maximum Gasteiger partial charge on any atom is 0.268 e. The van der Waals surface area contributed by atoms with Crippen LogP contribution in [0.3, 0.4) is 0 Å². The molecular weight excluding hydrogens is 328 g/mol. The molecule has 0 aromatic carbocycles. The highest BCUT2D eigenvalue weighted by Gasteiger charge is 2.18. The SMILES string of the molecule is O=c1[nH]cccc1S(=O)(=O)Nc1cc(Br)cs1. The van der Waals surface area contributed by atoms with Crippen LogP contribution in [0.2, 0.25) is 0 Å². The van der Waals surface area contributed by atoms with Gasteiger partial charge in [0.05, 0.1) is 0 Å². The minimum Gasteiger partial charge on any atom is -0.328 e. The van der Waals surface area contributed by atoms with E-state index in [2.05, 4.69) is 25.6 Å². The predicted molar refractivity (Wildman–Crippen MR) is 69.9 cm³/mol. The first-order chi connectivity index (χ1) is 7.99. The number of aromatic amines is 1. The highest BCUT2D eigenvalue weighted by atomic mass is 79.9. The first-order valence-corrected chi connectivity index (χ1v) is 7.59. The summed E-state index contributed by atoms with van der Waals surface area (Å²) in [4.78, 5) is 13.4. The van der Waals surface area contributed by atoms with Crippen LogP contribution < -0.4 is 10.3 Å². The number of anilines is 1. The van der Waals surface area contributed by atoms with Crippen molar-refractivity contribution < 1.29 is 8.42 Å². The van der Waals surface area contributed by atoms with Gasteiger partial charge in [-0.2, -0.15) is 0 Å². The average molecular weight is 335 g/mol. The Hall–Kier alpha value is -1.12. The first kappa shape index (κ1) is 12.3. The van der Waals surface area contributed by atoms with E-state index in [-0.39, 0.29) is 4.90 Å². The molecule has 8 heteroatoms. The number of halogens is 1. The number of aromatic nitrogens is 1. The van der Waals surface area contributed by atoms with Gasteiger partial charge in [-0.3, -0.25) is 9.52 Å². The molecule has 0 aliphatic carbocycles. The van der Waals surface area contributed by atoms with Crippen molar-refractivity contribution in [1.82, 2.24) is 4.98 Å². The van der Waals surface area contributed by atoms with Crippen LogP contribution in [0.15, 0.2) is 43.9 Å². The van der Waals surface area contributed by atoms with Crippen molar-refractivity contribution in [2.45, 2.75) is 4.90 Å². The molecule has 2 aromatic rings. The second-order valence-electron chi connectivity index (χ2n) is 3.10. The lowest BCUT2D eigenvalue weighted by Crippen LogP contribution is -2.21. The Morgan fingerprint density at radius 3 is 2.76 bits per heavy atom. The van der Waals surface area contributed by atoms with Crippen molar-refractivity contribution in [3.8, 4) is 0 Å². The van der Waals surface area contributed by atoms with Gasteiger partial charge in [-0.25, -0.2) is 8.42 Å². The number of H-pyrrole nitrogens is 1. The Kier molecular flexibility index (Phi) is 3.36. The normalized spacial score (nSPS) is 11.4. The Morgan fingerprint density at radius 2 is 2.18 bits per heavy atom. The summed E-state index contributed by atoms with van der Waals surface area (Å²) in [5.74, 6) is 0. The van der Waals surface area contributed by atoms with Crippen LogP contribution in [0, 0.1) is 0 Å². The number of thiophene rings is 1. The van der Waals surface area contributed by atoms with Crippen LogP contribution in [0.25, 0.3) is 0 Å². The summed E-state index contributed by atoms with van der Waals surface area (Å²) in [7, 11) is -3.83. The summed E-state index contributed by atoms with van der Waals surface area (Å²) >= 11 is 4.45. The summed E-state index contributed by atoms with van der Waals surface area (Å²) in [6.45, 7) is 0. The lowest BCUT2D eigenvalue weighted by Gasteiger charge is -2.03. The molecule has 0 aliphatic heterocycles. The summed E-state index contributed by atoms with van der Waals surface area (Å²) in [6, 6.07) is 4.34. The summed E-state index contributed by atoms with van der Waals surface area (Å²) < 4.78 is 26.9. The molecule has 0 amide bonds. The van der Waals surface area contributed by atoms with Crippen LogP contribution in [0.5, 0.6) is 0 Å². The van der Waals surface area contributed by atoms with Gasteiger partial charge in [0.25, 0.3) is 15.6 Å². The van der Waals surface area contributed by atoms with Crippen LogP contribution in [-0.4, -0.2) is 13.4 Å². The molecule has 0 bridgehead atoms. The number of sulfonamides is 1. The fourth-order valence-corrected chi connectivity index (χ4v) is 3.85. The zero-order valence-corrected chi connectivity index (χ0v) is 11.5. The van der Waals surface area contributed by atoms with Crippen molar-refractivity contribution >= 4 is 42.3 Å². The standard InChI is InChI=1S/C9H7BrN2O3S2/c10-6-4-8(16-5-6)12-17(14,15)7-2-1-3-11-9(7)13/h1-5,12H,(H,11,13). The van der Waals surface area contributed by atoms with E-state index in [0.717, 1.165) is 4.47 Å². The summed E-state index contributed by atoms with van der Waals surface area (Å²) in [5, 5.41) is 2.19. The fourth-order valence-electron chi connectivity index (χ4n) is 1.17. The number of nitrogens with one attached hydrogen (secondary N) is 2. The molecule has 90 valence electrons. The van der Waals surface area contributed by atoms with Gasteiger partial charge in [0, 0.05) is 16.0 Å².